The summed E-state index contributed by atoms with van der Waals surface area (Å²) in [4.78, 5) is 4.11. The summed E-state index contributed by atoms with van der Waals surface area (Å²) in [7, 11) is 0. The van der Waals surface area contributed by atoms with Crippen molar-refractivity contribution in [3.8, 4) is 0 Å². The Hall–Kier alpha value is 0.0300. The lowest BCUT2D eigenvalue weighted by atomic mass is 10.1. The Morgan fingerprint density at radius 1 is 1.67 bits per heavy atom. The molecule has 0 saturated heterocycles. The number of aromatic nitrogens is 1. The summed E-state index contributed by atoms with van der Waals surface area (Å²) in [5.74, 6) is 0. The van der Waals surface area contributed by atoms with Crippen LogP contribution in [0.25, 0.3) is 0 Å². The Bertz CT molecular complexity index is 265. The SMILES string of the molecule is Cc1nc([C@@](C)(O)CO)sc1Br. The van der Waals surface area contributed by atoms with Crippen LogP contribution in [0.1, 0.15) is 17.6 Å². The van der Waals surface area contributed by atoms with Crippen molar-refractivity contribution >= 4 is 27.3 Å². The molecule has 3 nitrogen and oxygen atoms in total. The minimum absolute atomic E-state index is 0.313. The maximum Gasteiger partial charge on any atom is 0.136 e. The Morgan fingerprint density at radius 3 is 2.58 bits per heavy atom. The molecule has 0 radical (unpaired) electrons. The average Bonchev–Trinajstić information content (AvgIpc) is 2.33. The zero-order valence-corrected chi connectivity index (χ0v) is 9.24. The van der Waals surface area contributed by atoms with Gasteiger partial charge in [-0.2, -0.15) is 0 Å². The number of nitrogens with zero attached hydrogens (tertiary/aromatic N) is 1. The van der Waals surface area contributed by atoms with Gasteiger partial charge in [0.25, 0.3) is 0 Å². The van der Waals surface area contributed by atoms with Crippen LogP contribution in [0.5, 0.6) is 0 Å². The van der Waals surface area contributed by atoms with Gasteiger partial charge in [-0.25, -0.2) is 4.98 Å². The molecular weight excluding hydrogens is 242 g/mol. The third-order valence-electron chi connectivity index (χ3n) is 1.51. The number of hydrogen-bond donors (Lipinski definition) is 2. The number of aliphatic hydroxyl groups is 2. The van der Waals surface area contributed by atoms with E-state index in [-0.39, 0.29) is 6.61 Å². The van der Waals surface area contributed by atoms with E-state index in [1.165, 1.54) is 18.3 Å². The van der Waals surface area contributed by atoms with Crippen LogP contribution in [-0.2, 0) is 5.60 Å². The van der Waals surface area contributed by atoms with Gasteiger partial charge < -0.3 is 10.2 Å². The normalized spacial score (nSPS) is 16.1. The van der Waals surface area contributed by atoms with Gasteiger partial charge in [-0.1, -0.05) is 0 Å². The average molecular weight is 252 g/mol. The first-order valence-corrected chi connectivity index (χ1v) is 5.05. The van der Waals surface area contributed by atoms with Crippen molar-refractivity contribution in [3.63, 3.8) is 0 Å². The molecule has 0 spiro atoms. The zero-order chi connectivity index (χ0) is 9.35. The van der Waals surface area contributed by atoms with E-state index in [1.807, 2.05) is 6.92 Å². The van der Waals surface area contributed by atoms with Gasteiger partial charge >= 0.3 is 0 Å². The molecule has 1 aromatic rings. The molecule has 1 aromatic heterocycles. The van der Waals surface area contributed by atoms with Crippen molar-refractivity contribution in [1.82, 2.24) is 4.98 Å². The molecule has 0 aliphatic carbocycles. The van der Waals surface area contributed by atoms with Gasteiger partial charge in [0, 0.05) is 0 Å². The van der Waals surface area contributed by atoms with Crippen LogP contribution in [0.2, 0.25) is 0 Å². The summed E-state index contributed by atoms with van der Waals surface area (Å²) < 4.78 is 0.895. The molecule has 1 rings (SSSR count). The van der Waals surface area contributed by atoms with E-state index in [1.54, 1.807) is 0 Å². The van der Waals surface area contributed by atoms with Crippen LogP contribution in [0.15, 0.2) is 3.79 Å². The van der Waals surface area contributed by atoms with E-state index in [0.717, 1.165) is 9.48 Å². The molecule has 0 aromatic carbocycles. The molecule has 5 heteroatoms. The van der Waals surface area contributed by atoms with Crippen LogP contribution in [0.3, 0.4) is 0 Å². The molecule has 2 N–H and O–H groups in total. The highest BCUT2D eigenvalue weighted by atomic mass is 79.9. The lowest BCUT2D eigenvalue weighted by Gasteiger charge is -2.16. The van der Waals surface area contributed by atoms with Gasteiger partial charge in [0.2, 0.25) is 0 Å². The number of hydrogen-bond acceptors (Lipinski definition) is 4. The van der Waals surface area contributed by atoms with Crippen molar-refractivity contribution in [1.29, 1.82) is 0 Å². The fraction of sp³-hybridized carbons (Fsp3) is 0.571. The number of aryl methyl sites for hydroxylation is 1. The summed E-state index contributed by atoms with van der Waals surface area (Å²) in [6.45, 7) is 3.07. The Kier molecular flexibility index (Phi) is 2.88. The van der Waals surface area contributed by atoms with E-state index >= 15 is 0 Å². The van der Waals surface area contributed by atoms with Gasteiger partial charge in [0.15, 0.2) is 0 Å². The maximum atomic E-state index is 9.61. The van der Waals surface area contributed by atoms with Crippen LogP contribution in [0, 0.1) is 6.92 Å². The van der Waals surface area contributed by atoms with E-state index in [4.69, 9.17) is 5.11 Å². The van der Waals surface area contributed by atoms with Crippen molar-refractivity contribution in [3.05, 3.63) is 14.5 Å². The number of aliphatic hydroxyl groups excluding tert-OH is 1. The molecule has 0 bridgehead atoms. The largest absolute Gasteiger partial charge is 0.393 e. The molecule has 0 amide bonds. The first kappa shape index (κ1) is 10.1. The molecular formula is C7H10BrNO2S. The van der Waals surface area contributed by atoms with E-state index in [9.17, 15) is 5.11 Å². The van der Waals surface area contributed by atoms with Crippen molar-refractivity contribution in [2.45, 2.75) is 19.4 Å². The summed E-state index contributed by atoms with van der Waals surface area (Å²) in [5, 5.41) is 19.0. The van der Waals surface area contributed by atoms with Crippen molar-refractivity contribution < 1.29 is 10.2 Å². The first-order valence-electron chi connectivity index (χ1n) is 3.44. The second-order valence-corrected chi connectivity index (χ2v) is 5.13. The summed E-state index contributed by atoms with van der Waals surface area (Å²) >= 11 is 4.64. The highest BCUT2D eigenvalue weighted by Crippen LogP contribution is 2.30. The van der Waals surface area contributed by atoms with Crippen LogP contribution in [0.4, 0.5) is 0 Å². The smallest absolute Gasteiger partial charge is 0.136 e. The third kappa shape index (κ3) is 1.85. The third-order valence-corrected chi connectivity index (χ3v) is 3.77. The Labute approximate surface area is 83.2 Å². The Balaban J connectivity index is 3.04. The highest BCUT2D eigenvalue weighted by Gasteiger charge is 2.26. The fourth-order valence-corrected chi connectivity index (χ4v) is 2.05. The van der Waals surface area contributed by atoms with Gasteiger partial charge in [-0.05, 0) is 29.8 Å². The quantitative estimate of drug-likeness (QED) is 0.836. The second kappa shape index (κ2) is 3.41. The predicted octanol–water partition coefficient (Wildman–Crippen LogP) is 1.41. The number of thiazole rings is 1. The lowest BCUT2D eigenvalue weighted by Crippen LogP contribution is -2.25. The number of rotatable bonds is 2. The summed E-state index contributed by atoms with van der Waals surface area (Å²) in [6.07, 6.45) is 0. The molecule has 1 heterocycles. The molecule has 68 valence electrons. The standard InChI is InChI=1S/C7H10BrNO2S/c1-4-5(8)12-6(9-4)7(2,11)3-10/h10-11H,3H2,1-2H3/t7-/m0/s1. The first-order chi connectivity index (χ1) is 5.47. The molecule has 12 heavy (non-hydrogen) atoms. The number of halogens is 1. The maximum absolute atomic E-state index is 9.61. The van der Waals surface area contributed by atoms with Crippen LogP contribution < -0.4 is 0 Å². The van der Waals surface area contributed by atoms with Gasteiger partial charge in [0.05, 0.1) is 16.1 Å². The zero-order valence-electron chi connectivity index (χ0n) is 6.83. The molecule has 1 atom stereocenters. The predicted molar refractivity (Wildman–Crippen MR) is 51.2 cm³/mol. The van der Waals surface area contributed by atoms with Crippen molar-refractivity contribution in [2.75, 3.05) is 6.61 Å². The fourth-order valence-electron chi connectivity index (χ4n) is 0.676. The minimum atomic E-state index is -1.22. The monoisotopic (exact) mass is 251 g/mol. The van der Waals surface area contributed by atoms with E-state index in [2.05, 4.69) is 20.9 Å². The highest BCUT2D eigenvalue weighted by molar-refractivity contribution is 9.11. The van der Waals surface area contributed by atoms with E-state index in [0.29, 0.717) is 5.01 Å². The molecule has 0 saturated carbocycles. The topological polar surface area (TPSA) is 53.4 Å². The summed E-state index contributed by atoms with van der Waals surface area (Å²) in [6, 6.07) is 0. The molecule has 0 aliphatic heterocycles. The Morgan fingerprint density at radius 2 is 2.25 bits per heavy atom. The second-order valence-electron chi connectivity index (χ2n) is 2.81. The van der Waals surface area contributed by atoms with Gasteiger partial charge in [-0.3, -0.25) is 0 Å². The molecule has 0 unspecified atom stereocenters. The minimum Gasteiger partial charge on any atom is -0.393 e. The van der Waals surface area contributed by atoms with Crippen molar-refractivity contribution in [2.24, 2.45) is 0 Å². The molecule has 0 aliphatic rings. The van der Waals surface area contributed by atoms with Crippen LogP contribution >= 0.6 is 27.3 Å². The van der Waals surface area contributed by atoms with E-state index < -0.39 is 5.60 Å². The summed E-state index contributed by atoms with van der Waals surface area (Å²) in [5.41, 5.74) is -0.384. The van der Waals surface area contributed by atoms with Gasteiger partial charge in [0.1, 0.15) is 10.6 Å². The molecule has 0 fully saturated rings. The lowest BCUT2D eigenvalue weighted by molar-refractivity contribution is -0.00251. The van der Waals surface area contributed by atoms with Gasteiger partial charge in [-0.15, -0.1) is 11.3 Å². The van der Waals surface area contributed by atoms with Crippen LogP contribution in [-0.4, -0.2) is 21.8 Å².